The molecule has 2 aromatic heterocycles. The van der Waals surface area contributed by atoms with Crippen LogP contribution in [-0.2, 0) is 6.54 Å². The van der Waals surface area contributed by atoms with Gasteiger partial charge in [0.1, 0.15) is 11.6 Å². The molecule has 0 bridgehead atoms. The van der Waals surface area contributed by atoms with Crippen LogP contribution in [0.3, 0.4) is 0 Å². The van der Waals surface area contributed by atoms with Crippen LogP contribution in [0.2, 0.25) is 10.0 Å². The van der Waals surface area contributed by atoms with Gasteiger partial charge in [-0.05, 0) is 53.6 Å². The summed E-state index contributed by atoms with van der Waals surface area (Å²) in [5, 5.41) is 2.59. The SMILES string of the molecule is Clc1ccc(C(c2ccc(Cl)cc2)N2CCN(Cc3nc(N4CCN(c5ncccn5)CC4)c4ccccc4n3)CC2)cc1. The summed E-state index contributed by atoms with van der Waals surface area (Å²) in [6, 6.07) is 26.8. The first-order chi connectivity index (χ1) is 21.6. The van der Waals surface area contributed by atoms with Crippen LogP contribution < -0.4 is 9.80 Å². The van der Waals surface area contributed by atoms with Crippen molar-refractivity contribution in [2.24, 2.45) is 0 Å². The Kier molecular flexibility index (Phi) is 8.57. The second kappa shape index (κ2) is 13.0. The summed E-state index contributed by atoms with van der Waals surface area (Å²) in [7, 11) is 0. The lowest BCUT2D eigenvalue weighted by atomic mass is 9.96. The minimum Gasteiger partial charge on any atom is -0.352 e. The first-order valence-electron chi connectivity index (χ1n) is 15.1. The highest BCUT2D eigenvalue weighted by Gasteiger charge is 2.28. The van der Waals surface area contributed by atoms with Crippen molar-refractivity contribution in [3.05, 3.63) is 118 Å². The zero-order valence-corrected chi connectivity index (χ0v) is 25.9. The molecular weight excluding hydrogens is 591 g/mol. The van der Waals surface area contributed by atoms with Gasteiger partial charge in [-0.25, -0.2) is 19.9 Å². The van der Waals surface area contributed by atoms with Crippen molar-refractivity contribution in [2.45, 2.75) is 12.6 Å². The Labute approximate surface area is 267 Å². The first-order valence-corrected chi connectivity index (χ1v) is 15.9. The Balaban J connectivity index is 1.06. The number of anilines is 2. The van der Waals surface area contributed by atoms with Crippen LogP contribution in [0.5, 0.6) is 0 Å². The summed E-state index contributed by atoms with van der Waals surface area (Å²) < 4.78 is 0. The lowest BCUT2D eigenvalue weighted by Crippen LogP contribution is -2.48. The molecule has 0 saturated carbocycles. The van der Waals surface area contributed by atoms with E-state index >= 15 is 0 Å². The predicted octanol–water partition coefficient (Wildman–Crippen LogP) is 5.96. The third-order valence-electron chi connectivity index (χ3n) is 8.55. The summed E-state index contributed by atoms with van der Waals surface area (Å²) in [5.74, 6) is 2.67. The maximum Gasteiger partial charge on any atom is 0.225 e. The summed E-state index contributed by atoms with van der Waals surface area (Å²) in [6.07, 6.45) is 3.60. The average Bonchev–Trinajstić information content (AvgIpc) is 3.07. The molecule has 0 aliphatic carbocycles. The van der Waals surface area contributed by atoms with Gasteiger partial charge in [-0.1, -0.05) is 59.6 Å². The van der Waals surface area contributed by atoms with E-state index in [-0.39, 0.29) is 6.04 Å². The van der Waals surface area contributed by atoms with E-state index in [9.17, 15) is 0 Å². The molecule has 0 unspecified atom stereocenters. The Morgan fingerprint density at radius 3 is 1.84 bits per heavy atom. The molecule has 7 rings (SSSR count). The Morgan fingerprint density at radius 1 is 0.614 bits per heavy atom. The number of hydrogen-bond donors (Lipinski definition) is 0. The molecule has 3 aromatic carbocycles. The molecule has 0 radical (unpaired) electrons. The number of hydrogen-bond acceptors (Lipinski definition) is 8. The molecule has 44 heavy (non-hydrogen) atoms. The van der Waals surface area contributed by atoms with E-state index in [0.717, 1.165) is 97.4 Å². The van der Waals surface area contributed by atoms with E-state index < -0.39 is 0 Å². The number of benzene rings is 3. The van der Waals surface area contributed by atoms with Crippen molar-refractivity contribution in [1.29, 1.82) is 0 Å². The Hall–Kier alpha value is -3.82. The first kappa shape index (κ1) is 28.9. The van der Waals surface area contributed by atoms with E-state index in [4.69, 9.17) is 33.2 Å². The highest BCUT2D eigenvalue weighted by molar-refractivity contribution is 6.30. The van der Waals surface area contributed by atoms with Gasteiger partial charge < -0.3 is 9.80 Å². The second-order valence-electron chi connectivity index (χ2n) is 11.3. The normalized spacial score (nSPS) is 16.6. The van der Waals surface area contributed by atoms with Gasteiger partial charge in [-0.2, -0.15) is 0 Å². The fourth-order valence-corrected chi connectivity index (χ4v) is 6.53. The number of halogens is 2. The molecule has 2 fully saturated rings. The molecule has 224 valence electrons. The quantitative estimate of drug-likeness (QED) is 0.220. The number of fused-ring (bicyclic) bond motifs is 1. The van der Waals surface area contributed by atoms with E-state index in [2.05, 4.69) is 78.1 Å². The maximum absolute atomic E-state index is 6.23. The largest absolute Gasteiger partial charge is 0.352 e. The zero-order chi connectivity index (χ0) is 29.9. The number of nitrogens with zero attached hydrogens (tertiary/aromatic N) is 8. The molecule has 8 nitrogen and oxygen atoms in total. The van der Waals surface area contributed by atoms with Gasteiger partial charge >= 0.3 is 0 Å². The molecule has 2 saturated heterocycles. The molecule has 2 aliphatic heterocycles. The Morgan fingerprint density at radius 2 is 1.20 bits per heavy atom. The summed E-state index contributed by atoms with van der Waals surface area (Å²) >= 11 is 12.5. The molecule has 2 aliphatic rings. The monoisotopic (exact) mass is 624 g/mol. The molecular formula is C34H34Cl2N8. The van der Waals surface area contributed by atoms with E-state index in [0.29, 0.717) is 0 Å². The number of piperazine rings is 2. The van der Waals surface area contributed by atoms with Gasteiger partial charge in [0, 0.05) is 80.2 Å². The van der Waals surface area contributed by atoms with Crippen molar-refractivity contribution in [3.63, 3.8) is 0 Å². The van der Waals surface area contributed by atoms with Crippen molar-refractivity contribution < 1.29 is 0 Å². The van der Waals surface area contributed by atoms with Crippen molar-refractivity contribution >= 4 is 45.9 Å². The number of aromatic nitrogens is 4. The van der Waals surface area contributed by atoms with Crippen LogP contribution in [0, 0.1) is 0 Å². The molecule has 0 atom stereocenters. The number of rotatable bonds is 7. The summed E-state index contributed by atoms with van der Waals surface area (Å²) in [4.78, 5) is 28.7. The van der Waals surface area contributed by atoms with Gasteiger partial charge in [-0.3, -0.25) is 9.80 Å². The Bertz CT molecular complexity index is 1640. The fourth-order valence-electron chi connectivity index (χ4n) is 6.28. The highest BCUT2D eigenvalue weighted by Crippen LogP contribution is 2.32. The van der Waals surface area contributed by atoms with E-state index in [1.54, 1.807) is 12.4 Å². The lowest BCUT2D eigenvalue weighted by molar-refractivity contribution is 0.103. The van der Waals surface area contributed by atoms with Crippen LogP contribution in [0.25, 0.3) is 10.9 Å². The van der Waals surface area contributed by atoms with Gasteiger partial charge in [0.2, 0.25) is 5.95 Å². The van der Waals surface area contributed by atoms with Gasteiger partial charge in [0.05, 0.1) is 18.1 Å². The third-order valence-corrected chi connectivity index (χ3v) is 9.06. The molecule has 5 aromatic rings. The molecule has 0 spiro atoms. The van der Waals surface area contributed by atoms with Gasteiger partial charge in [-0.15, -0.1) is 0 Å². The highest BCUT2D eigenvalue weighted by atomic mass is 35.5. The van der Waals surface area contributed by atoms with Crippen LogP contribution in [0.15, 0.2) is 91.3 Å². The van der Waals surface area contributed by atoms with Crippen LogP contribution >= 0.6 is 23.2 Å². The van der Waals surface area contributed by atoms with Crippen LogP contribution in [0.4, 0.5) is 11.8 Å². The summed E-state index contributed by atoms with van der Waals surface area (Å²) in [5.41, 5.74) is 3.45. The average molecular weight is 626 g/mol. The second-order valence-corrected chi connectivity index (χ2v) is 12.2. The zero-order valence-electron chi connectivity index (χ0n) is 24.4. The summed E-state index contributed by atoms with van der Waals surface area (Å²) in [6.45, 7) is 7.85. The maximum atomic E-state index is 6.23. The van der Waals surface area contributed by atoms with Crippen LogP contribution in [-0.4, -0.2) is 82.1 Å². The number of para-hydroxylation sites is 1. The molecule has 0 amide bonds. The smallest absolute Gasteiger partial charge is 0.225 e. The predicted molar refractivity (Wildman–Crippen MR) is 178 cm³/mol. The van der Waals surface area contributed by atoms with Crippen LogP contribution in [0.1, 0.15) is 23.0 Å². The van der Waals surface area contributed by atoms with Crippen molar-refractivity contribution in [2.75, 3.05) is 62.2 Å². The standard InChI is InChI=1S/C34H34Cl2N8/c35-27-10-6-25(7-11-27)32(26-8-12-28(36)13-9-26)42-18-16-41(17-19-42)24-31-39-30-5-2-1-4-29(30)33(40-31)43-20-22-44(23-21-43)34-37-14-3-15-38-34/h1-15,32H,16-24H2. The topological polar surface area (TPSA) is 64.5 Å². The van der Waals surface area contributed by atoms with E-state index in [1.165, 1.54) is 11.1 Å². The molecule has 0 N–H and O–H groups in total. The molecule has 4 heterocycles. The van der Waals surface area contributed by atoms with Crippen molar-refractivity contribution in [3.8, 4) is 0 Å². The van der Waals surface area contributed by atoms with Gasteiger partial charge in [0.15, 0.2) is 0 Å². The third kappa shape index (κ3) is 6.35. The fraction of sp³-hybridized carbons (Fsp3) is 0.294. The minimum absolute atomic E-state index is 0.134. The van der Waals surface area contributed by atoms with E-state index in [1.807, 2.05) is 30.3 Å². The minimum atomic E-state index is 0.134. The lowest BCUT2D eigenvalue weighted by Gasteiger charge is -2.39. The van der Waals surface area contributed by atoms with Gasteiger partial charge in [0.25, 0.3) is 0 Å². The van der Waals surface area contributed by atoms with Crippen molar-refractivity contribution in [1.82, 2.24) is 29.7 Å². The molecule has 10 heteroatoms.